The number of allylic oxidation sites excluding steroid dienone is 8. The molecule has 0 saturated heterocycles. The summed E-state index contributed by atoms with van der Waals surface area (Å²) in [6, 6.07) is -0.823. The van der Waals surface area contributed by atoms with E-state index < -0.39 is 20.0 Å². The minimum Gasteiger partial charge on any atom is -0.756 e. The van der Waals surface area contributed by atoms with Crippen LogP contribution in [0.3, 0.4) is 0 Å². The van der Waals surface area contributed by atoms with E-state index in [2.05, 4.69) is 67.8 Å². The number of nitrogens with zero attached hydrogens (tertiary/aromatic N) is 1. The van der Waals surface area contributed by atoms with Gasteiger partial charge in [0.05, 0.1) is 39.9 Å². The molecule has 0 radical (unpaired) electrons. The fourth-order valence-corrected chi connectivity index (χ4v) is 8.05. The number of aliphatic hydroxyl groups excluding tert-OH is 1. The third-order valence-corrected chi connectivity index (χ3v) is 12.3. The highest BCUT2D eigenvalue weighted by Gasteiger charge is 2.24. The summed E-state index contributed by atoms with van der Waals surface area (Å²) in [5.41, 5.74) is 0. The number of quaternary nitrogens is 1. The summed E-state index contributed by atoms with van der Waals surface area (Å²) in [5, 5.41) is 13.9. The van der Waals surface area contributed by atoms with Gasteiger partial charge in [-0.2, -0.15) is 0 Å². The Bertz CT molecular complexity index is 1130. The first kappa shape index (κ1) is 59.5. The Morgan fingerprint density at radius 1 is 0.590 bits per heavy atom. The Labute approximate surface area is 378 Å². The maximum Gasteiger partial charge on any atom is 0.268 e. The van der Waals surface area contributed by atoms with Crippen molar-refractivity contribution in [2.24, 2.45) is 0 Å². The fraction of sp³-hybridized carbons (Fsp3) is 0.827. The maximum atomic E-state index is 12.9. The van der Waals surface area contributed by atoms with E-state index in [-0.39, 0.29) is 19.1 Å². The van der Waals surface area contributed by atoms with Crippen LogP contribution in [0.15, 0.2) is 48.6 Å². The van der Waals surface area contributed by atoms with Gasteiger partial charge in [0.1, 0.15) is 13.2 Å². The molecular weight excluding hydrogens is 780 g/mol. The van der Waals surface area contributed by atoms with Crippen LogP contribution in [0.25, 0.3) is 0 Å². The Morgan fingerprint density at radius 3 is 1.43 bits per heavy atom. The average molecular weight is 879 g/mol. The Hall–Kier alpha value is -1.54. The van der Waals surface area contributed by atoms with Gasteiger partial charge < -0.3 is 28.8 Å². The van der Waals surface area contributed by atoms with Gasteiger partial charge in [-0.15, -0.1) is 0 Å². The number of hydrogen-bond donors (Lipinski definition) is 2. The zero-order chi connectivity index (χ0) is 45.0. The van der Waals surface area contributed by atoms with E-state index in [1.54, 1.807) is 0 Å². The first-order chi connectivity index (χ1) is 29.5. The summed E-state index contributed by atoms with van der Waals surface area (Å²) in [6.07, 6.45) is 55.7. The van der Waals surface area contributed by atoms with Gasteiger partial charge in [-0.3, -0.25) is 9.36 Å². The molecule has 0 aliphatic rings. The van der Waals surface area contributed by atoms with Gasteiger partial charge in [-0.25, -0.2) is 0 Å². The smallest absolute Gasteiger partial charge is 0.268 e. The van der Waals surface area contributed by atoms with Gasteiger partial charge >= 0.3 is 0 Å². The van der Waals surface area contributed by atoms with Crippen LogP contribution in [-0.4, -0.2) is 68.5 Å². The van der Waals surface area contributed by atoms with Crippen molar-refractivity contribution in [3.8, 4) is 0 Å². The molecule has 0 aliphatic heterocycles. The lowest BCUT2D eigenvalue weighted by molar-refractivity contribution is -0.870. The van der Waals surface area contributed by atoms with Gasteiger partial charge in [0, 0.05) is 6.42 Å². The number of carbonyl (C=O) groups excluding carboxylic acids is 1. The quantitative estimate of drug-likeness (QED) is 0.0273. The zero-order valence-electron chi connectivity index (χ0n) is 40.6. The summed E-state index contributed by atoms with van der Waals surface area (Å²) >= 11 is 0. The summed E-state index contributed by atoms with van der Waals surface area (Å²) in [4.78, 5) is 25.4. The fourth-order valence-electron chi connectivity index (χ4n) is 7.33. The van der Waals surface area contributed by atoms with Crippen LogP contribution in [-0.2, 0) is 18.4 Å². The number of amides is 1. The van der Waals surface area contributed by atoms with E-state index in [9.17, 15) is 19.4 Å². The highest BCUT2D eigenvalue weighted by molar-refractivity contribution is 7.45. The van der Waals surface area contributed by atoms with Gasteiger partial charge in [-0.1, -0.05) is 217 Å². The van der Waals surface area contributed by atoms with Gasteiger partial charge in [0.2, 0.25) is 5.91 Å². The summed E-state index contributed by atoms with van der Waals surface area (Å²) in [6.45, 7) is 4.58. The number of rotatable bonds is 46. The molecule has 0 saturated carbocycles. The number of likely N-dealkylation sites (N-methyl/N-ethyl adjacent to an activating group) is 1. The summed E-state index contributed by atoms with van der Waals surface area (Å²) in [5.74, 6) is -0.205. The van der Waals surface area contributed by atoms with Gasteiger partial charge in [-0.05, 0) is 51.4 Å². The molecule has 3 unspecified atom stereocenters. The lowest BCUT2D eigenvalue weighted by Crippen LogP contribution is -2.46. The Morgan fingerprint density at radius 2 is 1.00 bits per heavy atom. The molecule has 358 valence electrons. The number of hydrogen-bond acceptors (Lipinski definition) is 6. The topological polar surface area (TPSA) is 108 Å². The summed E-state index contributed by atoms with van der Waals surface area (Å²) in [7, 11) is 1.27. The maximum absolute atomic E-state index is 12.9. The molecule has 0 heterocycles. The van der Waals surface area contributed by atoms with Crippen molar-refractivity contribution in [2.45, 2.75) is 238 Å². The molecule has 0 aromatic carbocycles. The van der Waals surface area contributed by atoms with E-state index in [0.717, 1.165) is 57.8 Å². The monoisotopic (exact) mass is 879 g/mol. The van der Waals surface area contributed by atoms with E-state index in [1.807, 2.05) is 21.1 Å². The number of phosphoric acid groups is 1. The molecule has 61 heavy (non-hydrogen) atoms. The molecule has 0 rings (SSSR count). The van der Waals surface area contributed by atoms with Crippen LogP contribution < -0.4 is 10.2 Å². The van der Waals surface area contributed by atoms with Crippen LogP contribution in [0, 0.1) is 0 Å². The molecule has 8 nitrogen and oxygen atoms in total. The molecule has 0 aliphatic carbocycles. The third-order valence-electron chi connectivity index (χ3n) is 11.3. The standard InChI is InChI=1S/C52H99N2O6P/c1-6-8-10-12-14-16-18-20-22-23-24-25-26-27-28-29-30-32-33-35-37-39-41-43-45-51(55)50(49-60-61(57,58)59-48-47-54(3,4)5)53-52(56)46-44-42-40-38-36-34-31-21-19-17-15-13-11-9-7-2/h9,11,15,17,21,31,36,38,50-51,55H,6-8,10,12-14,16,18-20,22-30,32-35,37,39-49H2,1-5H3,(H-,53,56,57,58)/b11-9-,17-15-,31-21-,38-36-. The predicted molar refractivity (Wildman–Crippen MR) is 261 cm³/mol. The van der Waals surface area contributed by atoms with Crippen LogP contribution in [0.1, 0.15) is 226 Å². The van der Waals surface area contributed by atoms with Gasteiger partial charge in [0.25, 0.3) is 7.82 Å². The molecular formula is C52H99N2O6P. The second-order valence-electron chi connectivity index (χ2n) is 18.5. The number of nitrogens with one attached hydrogen (secondary N) is 1. The number of unbranched alkanes of at least 4 members (excludes halogenated alkanes) is 25. The number of aliphatic hydroxyl groups is 1. The first-order valence-electron chi connectivity index (χ1n) is 25.5. The molecule has 0 aromatic rings. The van der Waals surface area contributed by atoms with Crippen molar-refractivity contribution < 1.29 is 32.9 Å². The molecule has 0 aromatic heterocycles. The average Bonchev–Trinajstić information content (AvgIpc) is 3.21. The molecule has 0 bridgehead atoms. The van der Waals surface area contributed by atoms with Crippen molar-refractivity contribution >= 4 is 13.7 Å². The van der Waals surface area contributed by atoms with E-state index in [0.29, 0.717) is 30.3 Å². The van der Waals surface area contributed by atoms with Crippen LogP contribution in [0.4, 0.5) is 0 Å². The highest BCUT2D eigenvalue weighted by Crippen LogP contribution is 2.38. The number of carbonyl (C=O) groups is 1. The third kappa shape index (κ3) is 46.3. The van der Waals surface area contributed by atoms with Gasteiger partial charge in [0.15, 0.2) is 0 Å². The normalized spacial score (nSPS) is 14.5. The SMILES string of the molecule is CC/C=C\C/C=C\C/C=C\C/C=C\CCCCC(=O)NC(COP(=O)([O-])OCC[N+](C)(C)C)C(O)CCCCCCCCCCCCCCCCCCCCCCCCCC. The second kappa shape index (κ2) is 43.7. The predicted octanol–water partition coefficient (Wildman–Crippen LogP) is 14.2. The Kier molecular flexibility index (Phi) is 42.6. The van der Waals surface area contributed by atoms with Crippen LogP contribution in [0.5, 0.6) is 0 Å². The van der Waals surface area contributed by atoms with E-state index >= 15 is 0 Å². The minimum atomic E-state index is -4.58. The van der Waals surface area contributed by atoms with Crippen LogP contribution >= 0.6 is 7.82 Å². The lowest BCUT2D eigenvalue weighted by atomic mass is 10.0. The molecule has 3 atom stereocenters. The largest absolute Gasteiger partial charge is 0.756 e. The van der Waals surface area contributed by atoms with E-state index in [1.165, 1.54) is 135 Å². The minimum absolute atomic E-state index is 0.00265. The lowest BCUT2D eigenvalue weighted by Gasteiger charge is -2.30. The van der Waals surface area contributed by atoms with Crippen molar-refractivity contribution in [1.29, 1.82) is 0 Å². The molecule has 9 heteroatoms. The number of phosphoric ester groups is 1. The second-order valence-corrected chi connectivity index (χ2v) is 19.9. The first-order valence-corrected chi connectivity index (χ1v) is 26.9. The van der Waals surface area contributed by atoms with Crippen molar-refractivity contribution in [2.75, 3.05) is 40.9 Å². The van der Waals surface area contributed by atoms with Crippen LogP contribution in [0.2, 0.25) is 0 Å². The highest BCUT2D eigenvalue weighted by atomic mass is 31.2. The molecule has 0 spiro atoms. The zero-order valence-corrected chi connectivity index (χ0v) is 41.5. The molecule has 0 fully saturated rings. The van der Waals surface area contributed by atoms with Crippen molar-refractivity contribution in [3.63, 3.8) is 0 Å². The van der Waals surface area contributed by atoms with E-state index in [4.69, 9.17) is 9.05 Å². The molecule has 2 N–H and O–H groups in total. The summed E-state index contributed by atoms with van der Waals surface area (Å²) < 4.78 is 23.3. The van der Waals surface area contributed by atoms with Crippen molar-refractivity contribution in [1.82, 2.24) is 5.32 Å². The Balaban J connectivity index is 4.25. The van der Waals surface area contributed by atoms with Crippen molar-refractivity contribution in [3.05, 3.63) is 48.6 Å². The molecule has 1 amide bonds.